The lowest BCUT2D eigenvalue weighted by molar-refractivity contribution is 0.358. The van der Waals surface area contributed by atoms with Crippen molar-refractivity contribution in [3.8, 4) is 34.1 Å². The quantitative estimate of drug-likeness (QED) is 0.228. The van der Waals surface area contributed by atoms with Crippen LogP contribution in [0.3, 0.4) is 0 Å². The van der Waals surface area contributed by atoms with E-state index >= 15 is 0 Å². The van der Waals surface area contributed by atoms with Crippen molar-refractivity contribution in [2.24, 2.45) is 5.92 Å². The third kappa shape index (κ3) is 2.99. The molecule has 0 radical (unpaired) electrons. The van der Waals surface area contributed by atoms with E-state index in [0.29, 0.717) is 0 Å². The number of allylic oxidation sites excluding steroid dienone is 5. The molecular weight excluding hydrogens is 478 g/mol. The molecule has 1 heterocycles. The van der Waals surface area contributed by atoms with Gasteiger partial charge in [-0.15, -0.1) is 0 Å². The molecule has 4 aromatic carbocycles. The molecule has 0 amide bonds. The number of benzene rings is 4. The zero-order valence-electron chi connectivity index (χ0n) is 22.1. The van der Waals surface area contributed by atoms with Crippen LogP contribution in [-0.4, -0.2) is 13.6 Å². The molecule has 3 nitrogen and oxygen atoms in total. The summed E-state index contributed by atoms with van der Waals surface area (Å²) in [6, 6.07) is 28.6. The van der Waals surface area contributed by atoms with Crippen molar-refractivity contribution >= 4 is 5.69 Å². The molecule has 1 aliphatic heterocycles. The lowest BCUT2D eigenvalue weighted by atomic mass is 9.65. The van der Waals surface area contributed by atoms with Crippen molar-refractivity contribution in [1.82, 2.24) is 0 Å². The summed E-state index contributed by atoms with van der Waals surface area (Å²) in [6.07, 6.45) is 13.4. The lowest BCUT2D eigenvalue weighted by Gasteiger charge is -2.36. The zero-order valence-corrected chi connectivity index (χ0v) is 22.1. The molecule has 0 saturated carbocycles. The average molecular weight is 508 g/mol. The highest BCUT2D eigenvalue weighted by Crippen LogP contribution is 2.66. The molecule has 2 atom stereocenters. The predicted octanol–water partition coefficient (Wildman–Crippen LogP) is 8.75. The number of anilines is 1. The molecule has 0 N–H and O–H groups in total. The van der Waals surface area contributed by atoms with Gasteiger partial charge in [0.05, 0.1) is 5.41 Å². The number of rotatable bonds is 3. The van der Waals surface area contributed by atoms with E-state index in [4.69, 9.17) is 9.47 Å². The van der Waals surface area contributed by atoms with E-state index in [0.717, 1.165) is 35.2 Å². The van der Waals surface area contributed by atoms with Gasteiger partial charge in [0.2, 0.25) is 0 Å². The van der Waals surface area contributed by atoms with Gasteiger partial charge in [-0.3, -0.25) is 0 Å². The maximum atomic E-state index is 6.62. The van der Waals surface area contributed by atoms with Crippen LogP contribution in [0.15, 0.2) is 115 Å². The molecule has 0 bridgehead atoms. The highest BCUT2D eigenvalue weighted by Gasteiger charge is 2.57. The van der Waals surface area contributed by atoms with E-state index < -0.39 is 0 Å². The lowest BCUT2D eigenvalue weighted by Crippen LogP contribution is -2.32. The molecule has 2 unspecified atom stereocenters. The maximum absolute atomic E-state index is 6.62. The number of hydrogen-bond donors (Lipinski definition) is 0. The van der Waals surface area contributed by atoms with E-state index in [1.165, 1.54) is 33.4 Å². The van der Waals surface area contributed by atoms with Gasteiger partial charge in [0.1, 0.15) is 0 Å². The number of fused-ring (bicyclic) bond motifs is 12. The Morgan fingerprint density at radius 3 is 2.18 bits per heavy atom. The van der Waals surface area contributed by atoms with Crippen LogP contribution in [0.1, 0.15) is 35.1 Å². The second kappa shape index (κ2) is 8.25. The summed E-state index contributed by atoms with van der Waals surface area (Å²) in [5.41, 5.74) is 8.88. The predicted molar refractivity (Wildman–Crippen MR) is 157 cm³/mol. The Hall–Kier alpha value is -4.50. The molecule has 190 valence electrons. The van der Waals surface area contributed by atoms with Crippen LogP contribution < -0.4 is 14.4 Å². The summed E-state index contributed by atoms with van der Waals surface area (Å²) < 4.78 is 13.1. The minimum atomic E-state index is -0.276. The number of hydrogen-bond acceptors (Lipinski definition) is 3. The van der Waals surface area contributed by atoms with E-state index in [-0.39, 0.29) is 17.3 Å². The molecule has 4 aliphatic rings. The first-order chi connectivity index (χ1) is 19.2. The Morgan fingerprint density at radius 1 is 0.744 bits per heavy atom. The summed E-state index contributed by atoms with van der Waals surface area (Å²) >= 11 is 0. The second-order valence-corrected chi connectivity index (χ2v) is 10.9. The summed E-state index contributed by atoms with van der Waals surface area (Å²) in [5, 5.41) is 0. The van der Waals surface area contributed by atoms with Crippen molar-refractivity contribution in [3.05, 3.63) is 138 Å². The largest absolute Gasteiger partial charge is 0.449 e. The van der Waals surface area contributed by atoms with Crippen molar-refractivity contribution in [2.75, 3.05) is 18.5 Å². The molecule has 3 heteroatoms. The Morgan fingerprint density at radius 2 is 1.41 bits per heavy atom. The first-order valence-corrected chi connectivity index (χ1v) is 13.7. The van der Waals surface area contributed by atoms with Crippen molar-refractivity contribution < 1.29 is 9.47 Å². The number of nitrogens with zero attached hydrogens (tertiary/aromatic N) is 1. The van der Waals surface area contributed by atoms with Gasteiger partial charge in [-0.2, -0.15) is 0 Å². The van der Waals surface area contributed by atoms with Gasteiger partial charge in [-0.1, -0.05) is 85.0 Å². The fourth-order valence-corrected chi connectivity index (χ4v) is 7.27. The second-order valence-electron chi connectivity index (χ2n) is 10.9. The maximum Gasteiger partial charge on any atom is 0.172 e. The molecule has 8 rings (SSSR count). The zero-order chi connectivity index (χ0) is 26.1. The molecule has 39 heavy (non-hydrogen) atoms. The van der Waals surface area contributed by atoms with Gasteiger partial charge in [-0.25, -0.2) is 0 Å². The van der Waals surface area contributed by atoms with E-state index in [1.807, 2.05) is 13.0 Å². The third-order valence-corrected chi connectivity index (χ3v) is 8.95. The van der Waals surface area contributed by atoms with Gasteiger partial charge in [0, 0.05) is 37.2 Å². The van der Waals surface area contributed by atoms with Gasteiger partial charge in [-0.05, 0) is 64.6 Å². The summed E-state index contributed by atoms with van der Waals surface area (Å²) in [7, 11) is 2.09. The van der Waals surface area contributed by atoms with Crippen LogP contribution >= 0.6 is 0 Å². The molecule has 0 fully saturated rings. The summed E-state index contributed by atoms with van der Waals surface area (Å²) in [4.78, 5) is 2.20. The molecule has 1 spiro atoms. The molecule has 0 aromatic heterocycles. The van der Waals surface area contributed by atoms with Gasteiger partial charge < -0.3 is 14.4 Å². The Bertz CT molecular complexity index is 1700. The monoisotopic (exact) mass is 507 g/mol. The Kier molecular flexibility index (Phi) is 4.75. The van der Waals surface area contributed by atoms with Gasteiger partial charge >= 0.3 is 0 Å². The summed E-state index contributed by atoms with van der Waals surface area (Å²) in [5.74, 6) is 3.62. The highest BCUT2D eigenvalue weighted by molar-refractivity contribution is 5.86. The Labute approximate surface area is 229 Å². The van der Waals surface area contributed by atoms with Crippen LogP contribution in [-0.2, 0) is 5.41 Å². The van der Waals surface area contributed by atoms with Crippen molar-refractivity contribution in [2.45, 2.75) is 18.3 Å². The van der Waals surface area contributed by atoms with E-state index in [1.54, 1.807) is 0 Å². The average Bonchev–Trinajstić information content (AvgIpc) is 3.44. The SMILES string of the molecule is C/C=C\CN(C)c1ccc2c(c1)Oc1cc3c(cc1O2)C1C=CC=CC1C31c2ccccc2-c2ccccc21. The highest BCUT2D eigenvalue weighted by atomic mass is 16.6. The summed E-state index contributed by atoms with van der Waals surface area (Å²) in [6.45, 7) is 2.88. The number of ether oxygens (including phenoxy) is 2. The molecule has 3 aliphatic carbocycles. The fourth-order valence-electron chi connectivity index (χ4n) is 7.27. The number of likely N-dealkylation sites (N-methyl/N-ethyl adjacent to an activating group) is 1. The molecule has 0 saturated heterocycles. The topological polar surface area (TPSA) is 21.7 Å². The standard InChI is InChI=1S/C36H29NO2/c1-3-4-19-37(2)23-17-18-32-33(20-23)39-35-22-31-27(21-34(35)38-32)26-13-7-10-16-30(26)36(31)28-14-8-5-11-24(28)25-12-6-9-15-29(25)36/h3-18,20-22,26,30H,19H2,1-2H3/b4-3-. The molecular formula is C36H29NO2. The van der Waals surface area contributed by atoms with Crippen LogP contribution in [0.2, 0.25) is 0 Å². The van der Waals surface area contributed by atoms with E-state index in [2.05, 4.69) is 121 Å². The van der Waals surface area contributed by atoms with Crippen LogP contribution in [0.5, 0.6) is 23.0 Å². The normalized spacial score (nSPS) is 19.9. The first kappa shape index (κ1) is 22.5. The van der Waals surface area contributed by atoms with Crippen LogP contribution in [0, 0.1) is 5.92 Å². The van der Waals surface area contributed by atoms with Gasteiger partial charge in [0.15, 0.2) is 23.0 Å². The van der Waals surface area contributed by atoms with Crippen LogP contribution in [0.4, 0.5) is 5.69 Å². The van der Waals surface area contributed by atoms with E-state index in [9.17, 15) is 0 Å². The van der Waals surface area contributed by atoms with Crippen molar-refractivity contribution in [1.29, 1.82) is 0 Å². The Balaban J connectivity index is 1.31. The molecule has 4 aromatic rings. The fraction of sp³-hybridized carbons (Fsp3) is 0.167. The van der Waals surface area contributed by atoms with Gasteiger partial charge in [0.25, 0.3) is 0 Å². The first-order valence-electron chi connectivity index (χ1n) is 13.7. The smallest absolute Gasteiger partial charge is 0.172 e. The minimum Gasteiger partial charge on any atom is -0.449 e. The minimum absolute atomic E-state index is 0.266. The van der Waals surface area contributed by atoms with Crippen molar-refractivity contribution in [3.63, 3.8) is 0 Å². The third-order valence-electron chi connectivity index (χ3n) is 8.95. The van der Waals surface area contributed by atoms with Crippen LogP contribution in [0.25, 0.3) is 11.1 Å².